The molecule has 2 aromatic rings. The van der Waals surface area contributed by atoms with Crippen LogP contribution in [0.4, 0.5) is 11.4 Å². The van der Waals surface area contributed by atoms with Crippen molar-refractivity contribution in [3.63, 3.8) is 0 Å². The summed E-state index contributed by atoms with van der Waals surface area (Å²) in [6.07, 6.45) is 5.85. The second-order valence-electron chi connectivity index (χ2n) is 5.99. The summed E-state index contributed by atoms with van der Waals surface area (Å²) >= 11 is 0. The fourth-order valence-electron chi connectivity index (χ4n) is 2.88. The standard InChI is InChI=1S/C15H20N6O4S/c22-21(23)15-12-13(26(24,25)20-8-2-1-3-9-20)4-5-14(15)16-6-10-19-11-7-17-18-19/h4-5,7,11-12,16H,1-3,6,8-10H2. The highest BCUT2D eigenvalue weighted by Crippen LogP contribution is 2.29. The Kier molecular flexibility index (Phi) is 5.47. The average Bonchev–Trinajstić information content (AvgIpc) is 3.16. The summed E-state index contributed by atoms with van der Waals surface area (Å²) in [6, 6.07) is 3.98. The van der Waals surface area contributed by atoms with Gasteiger partial charge in [-0.05, 0) is 25.0 Å². The minimum atomic E-state index is -3.71. The van der Waals surface area contributed by atoms with Gasteiger partial charge in [0.25, 0.3) is 5.69 Å². The normalized spacial score (nSPS) is 15.7. The average molecular weight is 380 g/mol. The Bertz CT molecular complexity index is 862. The van der Waals surface area contributed by atoms with Crippen LogP contribution in [-0.4, -0.2) is 52.3 Å². The van der Waals surface area contributed by atoms with E-state index >= 15 is 0 Å². The first-order valence-electron chi connectivity index (χ1n) is 8.35. The molecule has 1 saturated heterocycles. The van der Waals surface area contributed by atoms with Gasteiger partial charge >= 0.3 is 0 Å². The van der Waals surface area contributed by atoms with E-state index in [0.29, 0.717) is 26.2 Å². The number of hydrogen-bond donors (Lipinski definition) is 1. The first-order valence-corrected chi connectivity index (χ1v) is 9.79. The summed E-state index contributed by atoms with van der Waals surface area (Å²) in [6.45, 7) is 1.77. The predicted octanol–water partition coefficient (Wildman–Crippen LogP) is 1.47. The van der Waals surface area contributed by atoms with Gasteiger partial charge in [-0.3, -0.25) is 14.8 Å². The summed E-state index contributed by atoms with van der Waals surface area (Å²) in [5.41, 5.74) is 0.00869. The highest BCUT2D eigenvalue weighted by Gasteiger charge is 2.28. The lowest BCUT2D eigenvalue weighted by molar-refractivity contribution is -0.384. The molecule has 1 aliphatic heterocycles. The number of nitro groups is 1. The van der Waals surface area contributed by atoms with Crippen molar-refractivity contribution in [2.75, 3.05) is 25.0 Å². The molecule has 140 valence electrons. The van der Waals surface area contributed by atoms with Crippen molar-refractivity contribution in [2.24, 2.45) is 0 Å². The molecule has 11 heteroatoms. The number of sulfonamides is 1. The zero-order valence-corrected chi connectivity index (χ0v) is 14.9. The van der Waals surface area contributed by atoms with E-state index in [4.69, 9.17) is 0 Å². The molecule has 0 aliphatic carbocycles. The van der Waals surface area contributed by atoms with E-state index < -0.39 is 14.9 Å². The van der Waals surface area contributed by atoms with Crippen molar-refractivity contribution in [1.29, 1.82) is 0 Å². The van der Waals surface area contributed by atoms with E-state index in [1.54, 1.807) is 17.1 Å². The van der Waals surface area contributed by atoms with Crippen LogP contribution in [0.3, 0.4) is 0 Å². The molecular weight excluding hydrogens is 360 g/mol. The Morgan fingerprint density at radius 2 is 2.00 bits per heavy atom. The van der Waals surface area contributed by atoms with Gasteiger partial charge in [-0.25, -0.2) is 8.42 Å². The van der Waals surface area contributed by atoms with Crippen molar-refractivity contribution >= 4 is 21.4 Å². The molecule has 0 radical (unpaired) electrons. The van der Waals surface area contributed by atoms with E-state index in [1.165, 1.54) is 16.4 Å². The molecular formula is C15H20N6O4S. The molecule has 3 rings (SSSR count). The summed E-state index contributed by atoms with van der Waals surface area (Å²) in [7, 11) is -3.71. The Labute approximate surface area is 151 Å². The van der Waals surface area contributed by atoms with Gasteiger partial charge in [-0.2, -0.15) is 4.31 Å². The second-order valence-corrected chi connectivity index (χ2v) is 7.93. The Morgan fingerprint density at radius 1 is 1.23 bits per heavy atom. The van der Waals surface area contributed by atoms with Crippen LogP contribution >= 0.6 is 0 Å². The number of nitrogens with zero attached hydrogens (tertiary/aromatic N) is 5. The summed E-state index contributed by atoms with van der Waals surface area (Å²) in [5.74, 6) is 0. The minimum absolute atomic E-state index is 0.0482. The molecule has 0 spiro atoms. The summed E-state index contributed by atoms with van der Waals surface area (Å²) in [5, 5.41) is 21.8. The third-order valence-electron chi connectivity index (χ3n) is 4.25. The fraction of sp³-hybridized carbons (Fsp3) is 0.467. The van der Waals surface area contributed by atoms with Crippen LogP contribution in [-0.2, 0) is 16.6 Å². The molecule has 0 amide bonds. The fourth-order valence-corrected chi connectivity index (χ4v) is 4.42. The predicted molar refractivity (Wildman–Crippen MR) is 94.2 cm³/mol. The number of aromatic nitrogens is 3. The van der Waals surface area contributed by atoms with Crippen LogP contribution in [0, 0.1) is 10.1 Å². The van der Waals surface area contributed by atoms with Crippen molar-refractivity contribution in [3.8, 4) is 0 Å². The van der Waals surface area contributed by atoms with Crippen molar-refractivity contribution < 1.29 is 13.3 Å². The zero-order chi connectivity index (χ0) is 18.6. The van der Waals surface area contributed by atoms with Gasteiger partial charge in [-0.1, -0.05) is 11.6 Å². The third kappa shape index (κ3) is 3.99. The number of nitrogens with one attached hydrogen (secondary N) is 1. The number of hydrogen-bond acceptors (Lipinski definition) is 7. The van der Waals surface area contributed by atoms with Gasteiger partial charge in [-0.15, -0.1) is 5.10 Å². The molecule has 0 bridgehead atoms. The summed E-state index contributed by atoms with van der Waals surface area (Å²) < 4.78 is 28.4. The largest absolute Gasteiger partial charge is 0.378 e. The number of rotatable bonds is 7. The van der Waals surface area contributed by atoms with Gasteiger partial charge in [0.05, 0.1) is 22.6 Å². The smallest absolute Gasteiger partial charge is 0.293 e. The molecule has 0 saturated carbocycles. The Hall–Kier alpha value is -2.53. The van der Waals surface area contributed by atoms with Crippen LogP contribution < -0.4 is 5.32 Å². The molecule has 1 fully saturated rings. The lowest BCUT2D eigenvalue weighted by Crippen LogP contribution is -2.35. The van der Waals surface area contributed by atoms with Crippen molar-refractivity contribution in [3.05, 3.63) is 40.7 Å². The molecule has 10 nitrogen and oxygen atoms in total. The maximum atomic E-state index is 12.7. The van der Waals surface area contributed by atoms with Gasteiger partial charge in [0.15, 0.2) is 0 Å². The number of piperidine rings is 1. The molecule has 26 heavy (non-hydrogen) atoms. The monoisotopic (exact) mass is 380 g/mol. The number of nitro benzene ring substituents is 1. The van der Waals surface area contributed by atoms with E-state index in [1.807, 2.05) is 0 Å². The van der Waals surface area contributed by atoms with Crippen LogP contribution in [0.15, 0.2) is 35.5 Å². The van der Waals surface area contributed by atoms with E-state index in [9.17, 15) is 18.5 Å². The van der Waals surface area contributed by atoms with Crippen LogP contribution in [0.1, 0.15) is 19.3 Å². The summed E-state index contributed by atoms with van der Waals surface area (Å²) in [4.78, 5) is 10.8. The first kappa shape index (κ1) is 18.3. The van der Waals surface area contributed by atoms with E-state index in [2.05, 4.69) is 15.6 Å². The SMILES string of the molecule is O=[N+]([O-])c1cc(S(=O)(=O)N2CCCCC2)ccc1NCCn1ccnn1. The molecule has 0 unspecified atom stereocenters. The third-order valence-corrected chi connectivity index (χ3v) is 6.14. The van der Waals surface area contributed by atoms with Crippen LogP contribution in [0.2, 0.25) is 0 Å². The minimum Gasteiger partial charge on any atom is -0.378 e. The zero-order valence-electron chi connectivity index (χ0n) is 14.1. The van der Waals surface area contributed by atoms with Gasteiger partial charge in [0, 0.05) is 31.9 Å². The quantitative estimate of drug-likeness (QED) is 0.570. The molecule has 1 aromatic carbocycles. The van der Waals surface area contributed by atoms with Crippen LogP contribution in [0.25, 0.3) is 0 Å². The molecule has 0 atom stereocenters. The molecule has 1 aliphatic rings. The van der Waals surface area contributed by atoms with E-state index in [0.717, 1.165) is 25.3 Å². The first-order chi connectivity index (χ1) is 12.5. The molecule has 1 N–H and O–H groups in total. The van der Waals surface area contributed by atoms with Gasteiger partial charge in [0.2, 0.25) is 10.0 Å². The van der Waals surface area contributed by atoms with E-state index in [-0.39, 0.29) is 16.3 Å². The van der Waals surface area contributed by atoms with Gasteiger partial charge in [0.1, 0.15) is 5.69 Å². The van der Waals surface area contributed by atoms with Crippen molar-refractivity contribution in [1.82, 2.24) is 19.3 Å². The number of benzene rings is 1. The highest BCUT2D eigenvalue weighted by molar-refractivity contribution is 7.89. The van der Waals surface area contributed by atoms with Crippen molar-refractivity contribution in [2.45, 2.75) is 30.7 Å². The second kappa shape index (κ2) is 7.79. The maximum Gasteiger partial charge on any atom is 0.293 e. The maximum absolute atomic E-state index is 12.7. The number of anilines is 1. The Morgan fingerprint density at radius 3 is 2.65 bits per heavy atom. The van der Waals surface area contributed by atoms with Gasteiger partial charge < -0.3 is 5.32 Å². The molecule has 2 heterocycles. The topological polar surface area (TPSA) is 123 Å². The molecule has 1 aromatic heterocycles. The lowest BCUT2D eigenvalue weighted by Gasteiger charge is -2.25. The highest BCUT2D eigenvalue weighted by atomic mass is 32.2. The lowest BCUT2D eigenvalue weighted by atomic mass is 10.2. The van der Waals surface area contributed by atoms with Crippen LogP contribution in [0.5, 0.6) is 0 Å². The Balaban J connectivity index is 1.78.